The molecular weight excluding hydrogens is 238 g/mol. The molecule has 1 aromatic rings. The molecule has 1 unspecified atom stereocenters. The van der Waals surface area contributed by atoms with E-state index in [9.17, 15) is 4.79 Å². The minimum absolute atomic E-state index is 0.0801. The highest BCUT2D eigenvalue weighted by atomic mass is 16.1. The second-order valence-corrected chi connectivity index (χ2v) is 5.39. The van der Waals surface area contributed by atoms with Gasteiger partial charge in [0.2, 0.25) is 5.91 Å². The zero-order chi connectivity index (χ0) is 13.7. The van der Waals surface area contributed by atoms with Crippen LogP contribution in [0.15, 0.2) is 24.3 Å². The fraction of sp³-hybridized carbons (Fsp3) is 0.533. The SMILES string of the molecule is CC(CN1CCCC1)NC(=O)Cc1ccc(N)cc1. The average molecular weight is 261 g/mol. The second-order valence-electron chi connectivity index (χ2n) is 5.39. The van der Waals surface area contributed by atoms with Crippen LogP contribution < -0.4 is 11.1 Å². The van der Waals surface area contributed by atoms with Crippen LogP contribution in [0.3, 0.4) is 0 Å². The van der Waals surface area contributed by atoms with Crippen molar-refractivity contribution >= 4 is 11.6 Å². The molecule has 1 amide bonds. The number of carbonyl (C=O) groups is 1. The fourth-order valence-corrected chi connectivity index (χ4v) is 2.54. The number of nitrogens with zero attached hydrogens (tertiary/aromatic N) is 1. The van der Waals surface area contributed by atoms with Crippen molar-refractivity contribution < 1.29 is 4.79 Å². The highest BCUT2D eigenvalue weighted by Crippen LogP contribution is 2.08. The first-order valence-electron chi connectivity index (χ1n) is 6.99. The zero-order valence-corrected chi connectivity index (χ0v) is 11.6. The Bertz CT molecular complexity index is 410. The topological polar surface area (TPSA) is 58.4 Å². The average Bonchev–Trinajstić information content (AvgIpc) is 2.84. The number of likely N-dealkylation sites (tertiary alicyclic amines) is 1. The van der Waals surface area contributed by atoms with E-state index in [0.717, 1.165) is 30.9 Å². The van der Waals surface area contributed by atoms with Crippen LogP contribution >= 0.6 is 0 Å². The molecule has 4 heteroatoms. The van der Waals surface area contributed by atoms with Crippen molar-refractivity contribution in [1.82, 2.24) is 10.2 Å². The first kappa shape index (κ1) is 13.9. The summed E-state index contributed by atoms with van der Waals surface area (Å²) in [5.41, 5.74) is 7.35. The number of hydrogen-bond donors (Lipinski definition) is 2. The van der Waals surface area contributed by atoms with Gasteiger partial charge in [0, 0.05) is 18.3 Å². The van der Waals surface area contributed by atoms with Gasteiger partial charge in [-0.15, -0.1) is 0 Å². The van der Waals surface area contributed by atoms with Crippen LogP contribution in [0.2, 0.25) is 0 Å². The van der Waals surface area contributed by atoms with Crippen LogP contribution in [0.25, 0.3) is 0 Å². The van der Waals surface area contributed by atoms with Crippen LogP contribution in [-0.2, 0) is 11.2 Å². The predicted octanol–water partition coefficient (Wildman–Crippen LogP) is 1.41. The van der Waals surface area contributed by atoms with E-state index < -0.39 is 0 Å². The van der Waals surface area contributed by atoms with Crippen molar-refractivity contribution in [2.75, 3.05) is 25.4 Å². The molecule has 2 rings (SSSR count). The quantitative estimate of drug-likeness (QED) is 0.788. The van der Waals surface area contributed by atoms with Crippen molar-refractivity contribution in [2.24, 2.45) is 0 Å². The van der Waals surface area contributed by atoms with E-state index in [1.165, 1.54) is 12.8 Å². The van der Waals surface area contributed by atoms with Crippen molar-refractivity contribution in [3.05, 3.63) is 29.8 Å². The van der Waals surface area contributed by atoms with E-state index in [1.807, 2.05) is 24.3 Å². The normalized spacial score (nSPS) is 17.3. The number of hydrogen-bond acceptors (Lipinski definition) is 3. The highest BCUT2D eigenvalue weighted by Gasteiger charge is 2.15. The lowest BCUT2D eigenvalue weighted by Gasteiger charge is -2.21. The molecule has 0 spiro atoms. The molecule has 0 aliphatic carbocycles. The number of nitrogens with two attached hydrogens (primary N) is 1. The van der Waals surface area contributed by atoms with Gasteiger partial charge in [0.05, 0.1) is 6.42 Å². The molecule has 1 saturated heterocycles. The van der Waals surface area contributed by atoms with E-state index in [0.29, 0.717) is 6.42 Å². The summed E-state index contributed by atoms with van der Waals surface area (Å²) in [5, 5.41) is 3.06. The lowest BCUT2D eigenvalue weighted by atomic mass is 10.1. The maximum Gasteiger partial charge on any atom is 0.224 e. The molecule has 1 heterocycles. The van der Waals surface area contributed by atoms with Gasteiger partial charge in [0.15, 0.2) is 0 Å². The molecule has 4 nitrogen and oxygen atoms in total. The second kappa shape index (κ2) is 6.57. The molecule has 0 radical (unpaired) electrons. The fourth-order valence-electron chi connectivity index (χ4n) is 2.54. The molecule has 1 aliphatic heterocycles. The first-order chi connectivity index (χ1) is 9.13. The van der Waals surface area contributed by atoms with E-state index in [-0.39, 0.29) is 11.9 Å². The minimum Gasteiger partial charge on any atom is -0.399 e. The van der Waals surface area contributed by atoms with E-state index in [1.54, 1.807) is 0 Å². The van der Waals surface area contributed by atoms with E-state index in [2.05, 4.69) is 17.1 Å². The van der Waals surface area contributed by atoms with Gasteiger partial charge in [-0.25, -0.2) is 0 Å². The number of nitrogen functional groups attached to an aromatic ring is 1. The van der Waals surface area contributed by atoms with Gasteiger partial charge >= 0.3 is 0 Å². The standard InChI is InChI=1S/C15H23N3O/c1-12(11-18-8-2-3-9-18)17-15(19)10-13-4-6-14(16)7-5-13/h4-7,12H,2-3,8-11,16H2,1H3,(H,17,19). The summed E-state index contributed by atoms with van der Waals surface area (Å²) >= 11 is 0. The van der Waals surface area contributed by atoms with E-state index in [4.69, 9.17) is 5.73 Å². The number of anilines is 1. The van der Waals surface area contributed by atoms with Gasteiger partial charge in [-0.05, 0) is 50.6 Å². The molecule has 3 N–H and O–H groups in total. The Balaban J connectivity index is 1.75. The van der Waals surface area contributed by atoms with Crippen LogP contribution in [0.5, 0.6) is 0 Å². The molecule has 0 saturated carbocycles. The van der Waals surface area contributed by atoms with Gasteiger partial charge < -0.3 is 16.0 Å². The third-order valence-electron chi connectivity index (χ3n) is 3.48. The Hall–Kier alpha value is -1.55. The zero-order valence-electron chi connectivity index (χ0n) is 11.6. The Morgan fingerprint density at radius 3 is 2.58 bits per heavy atom. The number of rotatable bonds is 5. The summed E-state index contributed by atoms with van der Waals surface area (Å²) in [6.07, 6.45) is 2.99. The minimum atomic E-state index is 0.0801. The molecular formula is C15H23N3O. The van der Waals surface area contributed by atoms with Crippen LogP contribution in [-0.4, -0.2) is 36.5 Å². The van der Waals surface area contributed by atoms with Crippen LogP contribution in [0, 0.1) is 0 Å². The summed E-state index contributed by atoms with van der Waals surface area (Å²) in [7, 11) is 0. The summed E-state index contributed by atoms with van der Waals surface area (Å²) in [5.74, 6) is 0.0801. The van der Waals surface area contributed by atoms with Crippen LogP contribution in [0.1, 0.15) is 25.3 Å². The molecule has 104 valence electrons. The molecule has 1 fully saturated rings. The lowest BCUT2D eigenvalue weighted by molar-refractivity contribution is -0.121. The Labute approximate surface area is 115 Å². The number of carbonyl (C=O) groups excluding carboxylic acids is 1. The van der Waals surface area contributed by atoms with Crippen molar-refractivity contribution in [3.8, 4) is 0 Å². The Morgan fingerprint density at radius 2 is 1.95 bits per heavy atom. The molecule has 19 heavy (non-hydrogen) atoms. The molecule has 1 aliphatic rings. The summed E-state index contributed by atoms with van der Waals surface area (Å²) in [6.45, 7) is 5.35. The Kier molecular flexibility index (Phi) is 4.80. The third kappa shape index (κ3) is 4.56. The van der Waals surface area contributed by atoms with Crippen molar-refractivity contribution in [2.45, 2.75) is 32.2 Å². The largest absolute Gasteiger partial charge is 0.399 e. The van der Waals surface area contributed by atoms with Crippen LogP contribution in [0.4, 0.5) is 5.69 Å². The number of nitrogens with one attached hydrogen (secondary N) is 1. The van der Waals surface area contributed by atoms with Crippen molar-refractivity contribution in [3.63, 3.8) is 0 Å². The smallest absolute Gasteiger partial charge is 0.224 e. The molecule has 1 atom stereocenters. The number of amides is 1. The molecule has 1 aromatic carbocycles. The Morgan fingerprint density at radius 1 is 1.32 bits per heavy atom. The maximum absolute atomic E-state index is 11.9. The predicted molar refractivity (Wildman–Crippen MR) is 77.8 cm³/mol. The summed E-state index contributed by atoms with van der Waals surface area (Å²) < 4.78 is 0. The van der Waals surface area contributed by atoms with Crippen molar-refractivity contribution in [1.29, 1.82) is 0 Å². The van der Waals surface area contributed by atoms with Gasteiger partial charge in [0.1, 0.15) is 0 Å². The van der Waals surface area contributed by atoms with Gasteiger partial charge in [-0.1, -0.05) is 12.1 Å². The van der Waals surface area contributed by atoms with Gasteiger partial charge in [-0.3, -0.25) is 4.79 Å². The highest BCUT2D eigenvalue weighted by molar-refractivity contribution is 5.78. The summed E-state index contributed by atoms with van der Waals surface area (Å²) in [6, 6.07) is 7.67. The maximum atomic E-state index is 11.9. The molecule has 0 bridgehead atoms. The summed E-state index contributed by atoms with van der Waals surface area (Å²) in [4.78, 5) is 14.3. The third-order valence-corrected chi connectivity index (χ3v) is 3.48. The van der Waals surface area contributed by atoms with Gasteiger partial charge in [-0.2, -0.15) is 0 Å². The molecule has 0 aromatic heterocycles. The lowest BCUT2D eigenvalue weighted by Crippen LogP contribution is -2.41. The first-order valence-corrected chi connectivity index (χ1v) is 6.99. The van der Waals surface area contributed by atoms with Gasteiger partial charge in [0.25, 0.3) is 0 Å². The number of benzene rings is 1. The van der Waals surface area contributed by atoms with E-state index >= 15 is 0 Å². The monoisotopic (exact) mass is 261 g/mol.